The molecule has 1 N–H and O–H groups in total. The van der Waals surface area contributed by atoms with Crippen LogP contribution >= 0.6 is 0 Å². The molecule has 1 unspecified atom stereocenters. The van der Waals surface area contributed by atoms with Gasteiger partial charge in [0.15, 0.2) is 0 Å². The van der Waals surface area contributed by atoms with Gasteiger partial charge in [-0.05, 0) is 35.1 Å². The van der Waals surface area contributed by atoms with E-state index in [1.165, 1.54) is 16.8 Å². The first kappa shape index (κ1) is 22.0. The van der Waals surface area contributed by atoms with Crippen molar-refractivity contribution in [2.75, 3.05) is 30.0 Å². The molecule has 0 aliphatic carbocycles. The number of para-hydroxylation sites is 3. The SMILES string of the molecule is COc1ccccc1N1CCN(c2c(C(C)C)cccc2C(C)C)C1[NH-].[Zr]. The van der Waals surface area contributed by atoms with Crippen molar-refractivity contribution < 1.29 is 30.9 Å². The molecule has 144 valence electrons. The third kappa shape index (κ3) is 4.25. The van der Waals surface area contributed by atoms with Gasteiger partial charge >= 0.3 is 0 Å². The quantitative estimate of drug-likeness (QED) is 0.604. The number of methoxy groups -OCH3 is 1. The van der Waals surface area contributed by atoms with E-state index in [9.17, 15) is 0 Å². The van der Waals surface area contributed by atoms with Crippen LogP contribution in [-0.2, 0) is 26.2 Å². The van der Waals surface area contributed by atoms with E-state index in [0.717, 1.165) is 24.5 Å². The number of hydrogen-bond acceptors (Lipinski definition) is 3. The fourth-order valence-electron chi connectivity index (χ4n) is 3.83. The minimum Gasteiger partial charge on any atom is -0.640 e. The van der Waals surface area contributed by atoms with Gasteiger partial charge in [-0.2, -0.15) is 0 Å². The van der Waals surface area contributed by atoms with E-state index in [4.69, 9.17) is 10.5 Å². The van der Waals surface area contributed by atoms with E-state index in [1.807, 2.05) is 24.3 Å². The van der Waals surface area contributed by atoms with Crippen LogP contribution in [0.2, 0.25) is 0 Å². The van der Waals surface area contributed by atoms with Gasteiger partial charge in [0.2, 0.25) is 0 Å². The van der Waals surface area contributed by atoms with E-state index < -0.39 is 6.29 Å². The Balaban J connectivity index is 0.00000261. The Morgan fingerprint density at radius 1 is 0.889 bits per heavy atom. The number of anilines is 2. The second kappa shape index (κ2) is 9.25. The van der Waals surface area contributed by atoms with Crippen molar-refractivity contribution in [3.8, 4) is 5.75 Å². The number of hydrogen-bond donors (Lipinski definition) is 0. The van der Waals surface area contributed by atoms with Gasteiger partial charge < -0.3 is 20.3 Å². The Hall–Kier alpha value is -1.32. The molecule has 0 saturated carbocycles. The predicted octanol–water partition coefficient (Wildman–Crippen LogP) is 5.60. The molecule has 0 spiro atoms. The zero-order chi connectivity index (χ0) is 18.8. The molecule has 5 heteroatoms. The minimum absolute atomic E-state index is 0. The molecule has 1 atom stereocenters. The zero-order valence-electron chi connectivity index (χ0n) is 17.0. The topological polar surface area (TPSA) is 39.5 Å². The third-order valence-corrected chi connectivity index (χ3v) is 5.20. The van der Waals surface area contributed by atoms with Crippen LogP contribution in [0.15, 0.2) is 42.5 Å². The van der Waals surface area contributed by atoms with Gasteiger partial charge in [-0.15, -0.1) is 0 Å². The normalized spacial score (nSPS) is 16.8. The third-order valence-electron chi connectivity index (χ3n) is 5.20. The average Bonchev–Trinajstić information content (AvgIpc) is 3.01. The number of nitrogens with zero attached hydrogens (tertiary/aromatic N) is 2. The van der Waals surface area contributed by atoms with Crippen molar-refractivity contribution in [2.45, 2.75) is 45.8 Å². The fraction of sp³-hybridized carbons (Fsp3) is 0.455. The van der Waals surface area contributed by atoms with Crippen LogP contribution in [0.4, 0.5) is 11.4 Å². The van der Waals surface area contributed by atoms with Gasteiger partial charge in [-0.3, -0.25) is 0 Å². The largest absolute Gasteiger partial charge is 0.640 e. The van der Waals surface area contributed by atoms with Crippen molar-refractivity contribution in [3.63, 3.8) is 0 Å². The maximum atomic E-state index is 8.96. The molecule has 1 aliphatic heterocycles. The smallest absolute Gasteiger partial charge is 0.142 e. The van der Waals surface area contributed by atoms with E-state index in [2.05, 4.69) is 55.7 Å². The Labute approximate surface area is 182 Å². The van der Waals surface area contributed by atoms with Crippen molar-refractivity contribution >= 4 is 11.4 Å². The summed E-state index contributed by atoms with van der Waals surface area (Å²) in [7, 11) is 1.69. The van der Waals surface area contributed by atoms with Crippen LogP contribution in [0.25, 0.3) is 5.73 Å². The Bertz CT molecular complexity index is 737. The molecule has 4 nitrogen and oxygen atoms in total. The molecule has 1 saturated heterocycles. The van der Waals surface area contributed by atoms with E-state index >= 15 is 0 Å². The number of nitrogens with one attached hydrogen (secondary N) is 1. The van der Waals surface area contributed by atoms with Gasteiger partial charge in [0.25, 0.3) is 0 Å². The second-order valence-electron chi connectivity index (χ2n) is 7.53. The molecule has 2 aromatic carbocycles. The van der Waals surface area contributed by atoms with Gasteiger partial charge in [0.05, 0.1) is 12.8 Å². The zero-order valence-corrected chi connectivity index (χ0v) is 19.4. The summed E-state index contributed by atoms with van der Waals surface area (Å²) < 4.78 is 5.53. The maximum absolute atomic E-state index is 8.96. The van der Waals surface area contributed by atoms with E-state index in [-0.39, 0.29) is 26.2 Å². The van der Waals surface area contributed by atoms with E-state index in [1.54, 1.807) is 7.11 Å². The van der Waals surface area contributed by atoms with Crippen LogP contribution in [-0.4, -0.2) is 26.5 Å². The number of ether oxygens (including phenoxy) is 1. The predicted molar refractivity (Wildman–Crippen MR) is 110 cm³/mol. The summed E-state index contributed by atoms with van der Waals surface area (Å²) in [5.74, 6) is 1.68. The molecule has 0 radical (unpaired) electrons. The summed E-state index contributed by atoms with van der Waals surface area (Å²) in [6, 6.07) is 14.6. The Morgan fingerprint density at radius 3 is 2.00 bits per heavy atom. The first-order valence-corrected chi connectivity index (χ1v) is 9.46. The molecule has 0 amide bonds. The van der Waals surface area contributed by atoms with Crippen molar-refractivity contribution in [1.29, 1.82) is 0 Å². The first-order valence-electron chi connectivity index (χ1n) is 9.46. The van der Waals surface area contributed by atoms with Crippen molar-refractivity contribution in [2.24, 2.45) is 0 Å². The Morgan fingerprint density at radius 2 is 1.44 bits per heavy atom. The summed E-state index contributed by atoms with van der Waals surface area (Å²) in [5.41, 5.74) is 13.9. The van der Waals surface area contributed by atoms with Crippen LogP contribution in [0.3, 0.4) is 0 Å². The van der Waals surface area contributed by atoms with Gasteiger partial charge in [0.1, 0.15) is 5.75 Å². The van der Waals surface area contributed by atoms with Crippen molar-refractivity contribution in [3.05, 3.63) is 59.3 Å². The number of benzene rings is 2. The molecular weight excluding hydrogens is 413 g/mol. The number of rotatable bonds is 5. The fourth-order valence-corrected chi connectivity index (χ4v) is 3.83. The van der Waals surface area contributed by atoms with Gasteiger partial charge in [-0.1, -0.05) is 58.0 Å². The molecule has 2 aromatic rings. The first-order chi connectivity index (χ1) is 12.5. The standard InChI is InChI=1S/C22H30N3O.Zr/c1-15(2)17-9-8-10-18(16(3)4)21(17)25-14-13-24(22(25)23)19-11-6-7-12-20(19)26-5;/h6-12,15-16,22-23H,13-14H2,1-5H3;/q-1;. The average molecular weight is 444 g/mol. The molecule has 1 aliphatic rings. The van der Waals surface area contributed by atoms with Gasteiger partial charge in [-0.25, -0.2) is 0 Å². The van der Waals surface area contributed by atoms with Crippen LogP contribution < -0.4 is 14.5 Å². The molecule has 0 bridgehead atoms. The summed E-state index contributed by atoms with van der Waals surface area (Å²) in [6.07, 6.45) is -0.455. The summed E-state index contributed by atoms with van der Waals surface area (Å²) in [5, 5.41) is 0. The molecular formula is C22H30N3OZr-. The molecule has 0 aromatic heterocycles. The molecule has 1 fully saturated rings. The van der Waals surface area contributed by atoms with Crippen molar-refractivity contribution in [1.82, 2.24) is 0 Å². The van der Waals surface area contributed by atoms with E-state index in [0.29, 0.717) is 11.8 Å². The maximum Gasteiger partial charge on any atom is 0.142 e. The second-order valence-corrected chi connectivity index (χ2v) is 7.53. The molecule has 27 heavy (non-hydrogen) atoms. The summed E-state index contributed by atoms with van der Waals surface area (Å²) in [4.78, 5) is 4.37. The van der Waals surface area contributed by atoms with Crippen LogP contribution in [0.1, 0.15) is 50.7 Å². The van der Waals surface area contributed by atoms with Crippen LogP contribution in [0.5, 0.6) is 5.75 Å². The molecule has 1 heterocycles. The summed E-state index contributed by atoms with van der Waals surface area (Å²) >= 11 is 0. The monoisotopic (exact) mass is 442 g/mol. The van der Waals surface area contributed by atoms with Gasteiger partial charge in [0, 0.05) is 51.3 Å². The summed E-state index contributed by atoms with van der Waals surface area (Å²) in [6.45, 7) is 10.6. The van der Waals surface area contributed by atoms with Crippen LogP contribution in [0, 0.1) is 0 Å². The molecule has 3 rings (SSSR count). The minimum atomic E-state index is -0.455. The Kier molecular flexibility index (Phi) is 7.53.